The monoisotopic (exact) mass is 285 g/mol. The molecular weight excluding hydrogens is 275 g/mol. The van der Waals surface area contributed by atoms with Crippen LogP contribution in [0.25, 0.3) is 0 Å². The van der Waals surface area contributed by atoms with Crippen molar-refractivity contribution in [2.45, 2.75) is 19.6 Å². The van der Waals surface area contributed by atoms with E-state index in [-0.39, 0.29) is 17.8 Å². The van der Waals surface area contributed by atoms with Gasteiger partial charge in [-0.2, -0.15) is 13.2 Å². The van der Waals surface area contributed by atoms with Crippen molar-refractivity contribution in [2.75, 3.05) is 5.32 Å². The van der Waals surface area contributed by atoms with Crippen molar-refractivity contribution in [2.24, 2.45) is 0 Å². The zero-order valence-corrected chi connectivity index (χ0v) is 10.3. The van der Waals surface area contributed by atoms with Gasteiger partial charge in [-0.05, 0) is 35.0 Å². The number of anilines is 1. The van der Waals surface area contributed by atoms with E-state index in [1.807, 2.05) is 0 Å². The predicted octanol–water partition coefficient (Wildman–Crippen LogP) is 1.64. The molecule has 0 radical (unpaired) electrons. The second-order valence-corrected chi connectivity index (χ2v) is 4.08. The smallest absolute Gasteiger partial charge is 0.324 e. The zero-order valence-electron chi connectivity index (χ0n) is 10.3. The van der Waals surface area contributed by atoms with Crippen LogP contribution in [0.5, 0.6) is 0 Å². The first kappa shape index (κ1) is 14.0. The molecule has 1 amide bonds. The Kier molecular flexibility index (Phi) is 3.68. The van der Waals surface area contributed by atoms with E-state index in [1.54, 1.807) is 0 Å². The topological polar surface area (TPSA) is 72.7 Å². The highest BCUT2D eigenvalue weighted by Gasteiger charge is 2.32. The average molecular weight is 285 g/mol. The Balaban J connectivity index is 2.12. The number of aryl methyl sites for hydroxylation is 1. The molecule has 106 valence electrons. The Morgan fingerprint density at radius 3 is 2.75 bits per heavy atom. The number of halogens is 3. The fourth-order valence-corrected chi connectivity index (χ4v) is 1.61. The van der Waals surface area contributed by atoms with Crippen molar-refractivity contribution in [3.8, 4) is 0 Å². The summed E-state index contributed by atoms with van der Waals surface area (Å²) in [5, 5.41) is 12.5. The quantitative estimate of drug-likeness (QED) is 0.930. The molecule has 1 aromatic carbocycles. The number of carbonyl (C=O) groups is 1. The van der Waals surface area contributed by atoms with Crippen molar-refractivity contribution in [3.05, 3.63) is 35.7 Å². The number of nitrogens with one attached hydrogen (secondary N) is 1. The molecule has 0 saturated carbocycles. The van der Waals surface area contributed by atoms with Gasteiger partial charge in [-0.1, -0.05) is 6.07 Å². The van der Waals surface area contributed by atoms with E-state index in [0.717, 1.165) is 10.7 Å². The Bertz CT molecular complexity index is 609. The third-order valence-electron chi connectivity index (χ3n) is 2.52. The maximum absolute atomic E-state index is 12.7. The molecular formula is C11H10F3N5O. The van der Waals surface area contributed by atoms with Crippen LogP contribution in [-0.4, -0.2) is 26.1 Å². The van der Waals surface area contributed by atoms with Gasteiger partial charge >= 0.3 is 6.18 Å². The summed E-state index contributed by atoms with van der Waals surface area (Å²) in [7, 11) is 0. The lowest BCUT2D eigenvalue weighted by molar-refractivity contribution is -0.138. The van der Waals surface area contributed by atoms with Crippen molar-refractivity contribution in [1.82, 2.24) is 20.2 Å². The summed E-state index contributed by atoms with van der Waals surface area (Å²) in [4.78, 5) is 11.6. The van der Waals surface area contributed by atoms with Crippen LogP contribution in [0.3, 0.4) is 0 Å². The van der Waals surface area contributed by atoms with Crippen LogP contribution in [0.1, 0.15) is 11.1 Å². The minimum absolute atomic E-state index is 0.0704. The molecule has 0 spiro atoms. The molecule has 2 aromatic rings. The highest BCUT2D eigenvalue weighted by molar-refractivity contribution is 5.90. The Labute approximate surface area is 111 Å². The van der Waals surface area contributed by atoms with Gasteiger partial charge in [0, 0.05) is 5.69 Å². The number of rotatable bonds is 3. The normalized spacial score (nSPS) is 11.4. The fraction of sp³-hybridized carbons (Fsp3) is 0.273. The maximum Gasteiger partial charge on any atom is 0.416 e. The van der Waals surface area contributed by atoms with E-state index < -0.39 is 17.6 Å². The Morgan fingerprint density at radius 1 is 1.40 bits per heavy atom. The van der Waals surface area contributed by atoms with Gasteiger partial charge in [0.1, 0.15) is 12.9 Å². The van der Waals surface area contributed by atoms with E-state index >= 15 is 0 Å². The summed E-state index contributed by atoms with van der Waals surface area (Å²) in [5.41, 5.74) is -0.616. The third-order valence-corrected chi connectivity index (χ3v) is 2.52. The predicted molar refractivity (Wildman–Crippen MR) is 62.6 cm³/mol. The first-order valence-corrected chi connectivity index (χ1v) is 5.55. The van der Waals surface area contributed by atoms with Gasteiger partial charge in [-0.3, -0.25) is 4.79 Å². The molecule has 1 N–H and O–H groups in total. The molecule has 1 heterocycles. The van der Waals surface area contributed by atoms with Crippen LogP contribution in [0.15, 0.2) is 24.5 Å². The maximum atomic E-state index is 12.7. The summed E-state index contributed by atoms with van der Waals surface area (Å²) in [6, 6.07) is 3.60. The molecule has 2 rings (SSSR count). The van der Waals surface area contributed by atoms with E-state index in [9.17, 15) is 18.0 Å². The molecule has 6 nitrogen and oxygen atoms in total. The number of benzene rings is 1. The standard InChI is InChI=1S/C11H10F3N5O/c1-7-2-3-8(4-9(7)11(12,13)14)16-10(20)5-19-6-15-17-18-19/h2-4,6H,5H2,1H3,(H,16,20). The summed E-state index contributed by atoms with van der Waals surface area (Å²) in [5.74, 6) is -0.519. The first-order chi connectivity index (χ1) is 9.36. The summed E-state index contributed by atoms with van der Waals surface area (Å²) in [6.45, 7) is 1.18. The third kappa shape index (κ3) is 3.31. The van der Waals surface area contributed by atoms with Crippen molar-refractivity contribution in [3.63, 3.8) is 0 Å². The average Bonchev–Trinajstić information content (AvgIpc) is 2.83. The lowest BCUT2D eigenvalue weighted by Crippen LogP contribution is -2.19. The number of hydrogen-bond donors (Lipinski definition) is 1. The largest absolute Gasteiger partial charge is 0.416 e. The van der Waals surface area contributed by atoms with Crippen LogP contribution in [-0.2, 0) is 17.5 Å². The van der Waals surface area contributed by atoms with Crippen molar-refractivity contribution < 1.29 is 18.0 Å². The number of alkyl halides is 3. The van der Waals surface area contributed by atoms with Gasteiger partial charge in [0.05, 0.1) is 5.56 Å². The van der Waals surface area contributed by atoms with Crippen LogP contribution >= 0.6 is 0 Å². The molecule has 0 fully saturated rings. The number of aromatic nitrogens is 4. The van der Waals surface area contributed by atoms with Gasteiger partial charge in [0.2, 0.25) is 5.91 Å². The number of tetrazole rings is 1. The molecule has 20 heavy (non-hydrogen) atoms. The molecule has 0 bridgehead atoms. The van der Waals surface area contributed by atoms with Gasteiger partial charge in [-0.15, -0.1) is 5.10 Å². The zero-order chi connectivity index (χ0) is 14.8. The highest BCUT2D eigenvalue weighted by Crippen LogP contribution is 2.33. The summed E-state index contributed by atoms with van der Waals surface area (Å²) < 4.78 is 39.3. The van der Waals surface area contributed by atoms with Crippen LogP contribution in [0.2, 0.25) is 0 Å². The molecule has 1 aromatic heterocycles. The van der Waals surface area contributed by atoms with Gasteiger partial charge in [0.25, 0.3) is 0 Å². The number of amides is 1. The lowest BCUT2D eigenvalue weighted by atomic mass is 10.1. The first-order valence-electron chi connectivity index (χ1n) is 5.55. The molecule has 0 unspecified atom stereocenters. The number of hydrogen-bond acceptors (Lipinski definition) is 4. The molecule has 0 aliphatic carbocycles. The van der Waals surface area contributed by atoms with Gasteiger partial charge < -0.3 is 5.32 Å². The second-order valence-electron chi connectivity index (χ2n) is 4.08. The Morgan fingerprint density at radius 2 is 2.15 bits per heavy atom. The molecule has 9 heteroatoms. The van der Waals surface area contributed by atoms with Crippen LogP contribution in [0, 0.1) is 6.92 Å². The molecule has 0 aliphatic rings. The molecule has 0 saturated heterocycles. The van der Waals surface area contributed by atoms with Crippen LogP contribution < -0.4 is 5.32 Å². The SMILES string of the molecule is Cc1ccc(NC(=O)Cn2cnnn2)cc1C(F)(F)F. The number of nitrogens with zero attached hydrogens (tertiary/aromatic N) is 4. The molecule has 0 atom stereocenters. The minimum atomic E-state index is -4.46. The van der Waals surface area contributed by atoms with E-state index in [1.165, 1.54) is 25.4 Å². The van der Waals surface area contributed by atoms with Gasteiger partial charge in [-0.25, -0.2) is 4.68 Å². The van der Waals surface area contributed by atoms with Crippen molar-refractivity contribution in [1.29, 1.82) is 0 Å². The lowest BCUT2D eigenvalue weighted by Gasteiger charge is -2.12. The summed E-state index contributed by atoms with van der Waals surface area (Å²) >= 11 is 0. The van der Waals surface area contributed by atoms with Gasteiger partial charge in [0.15, 0.2) is 0 Å². The second kappa shape index (κ2) is 5.27. The Hall–Kier alpha value is -2.45. The molecule has 0 aliphatic heterocycles. The minimum Gasteiger partial charge on any atom is -0.324 e. The van der Waals surface area contributed by atoms with Crippen molar-refractivity contribution >= 4 is 11.6 Å². The van der Waals surface area contributed by atoms with E-state index in [0.29, 0.717) is 0 Å². The van der Waals surface area contributed by atoms with E-state index in [4.69, 9.17) is 0 Å². The van der Waals surface area contributed by atoms with E-state index in [2.05, 4.69) is 20.8 Å². The number of carbonyl (C=O) groups excluding carboxylic acids is 1. The summed E-state index contributed by atoms with van der Waals surface area (Å²) in [6.07, 6.45) is -3.23. The fourth-order valence-electron chi connectivity index (χ4n) is 1.61. The highest BCUT2D eigenvalue weighted by atomic mass is 19.4. The van der Waals surface area contributed by atoms with Crippen LogP contribution in [0.4, 0.5) is 18.9 Å².